The first-order valence-corrected chi connectivity index (χ1v) is 7.53. The maximum absolute atomic E-state index is 12.3. The van der Waals surface area contributed by atoms with Crippen LogP contribution in [0.2, 0.25) is 0 Å². The summed E-state index contributed by atoms with van der Waals surface area (Å²) in [7, 11) is 0. The van der Waals surface area contributed by atoms with Crippen LogP contribution in [0.25, 0.3) is 0 Å². The average Bonchev–Trinajstić information content (AvgIpc) is 2.49. The fourth-order valence-electron chi connectivity index (χ4n) is 2.90. The topological polar surface area (TPSA) is 57.6 Å². The number of rotatable bonds is 4. The second-order valence-electron chi connectivity index (χ2n) is 5.98. The van der Waals surface area contributed by atoms with Gasteiger partial charge < -0.3 is 10.0 Å². The van der Waals surface area contributed by atoms with Gasteiger partial charge in [-0.3, -0.25) is 9.59 Å². The second-order valence-corrected chi connectivity index (χ2v) is 5.98. The van der Waals surface area contributed by atoms with Gasteiger partial charge in [-0.15, -0.1) is 0 Å². The maximum Gasteiger partial charge on any atom is 0.309 e. The van der Waals surface area contributed by atoms with Gasteiger partial charge in [0, 0.05) is 13.1 Å². The highest BCUT2D eigenvalue weighted by molar-refractivity contribution is 5.80. The van der Waals surface area contributed by atoms with Crippen LogP contribution in [0.5, 0.6) is 0 Å². The van der Waals surface area contributed by atoms with Crippen molar-refractivity contribution in [3.63, 3.8) is 0 Å². The summed E-state index contributed by atoms with van der Waals surface area (Å²) in [6.07, 6.45) is 2.13. The molecular formula is C17H23NO3. The van der Waals surface area contributed by atoms with Gasteiger partial charge in [-0.1, -0.05) is 36.8 Å². The summed E-state index contributed by atoms with van der Waals surface area (Å²) in [5.41, 5.74) is 1.55. The molecule has 0 spiro atoms. The molecule has 1 fully saturated rings. The van der Waals surface area contributed by atoms with Gasteiger partial charge in [0.15, 0.2) is 0 Å². The number of amides is 1. The van der Waals surface area contributed by atoms with Crippen LogP contribution in [-0.2, 0) is 16.0 Å². The van der Waals surface area contributed by atoms with Crippen LogP contribution in [0.15, 0.2) is 24.3 Å². The van der Waals surface area contributed by atoms with E-state index in [0.717, 1.165) is 5.56 Å². The molecule has 1 aliphatic heterocycles. The summed E-state index contributed by atoms with van der Waals surface area (Å²) >= 11 is 0. The molecule has 0 aromatic heterocycles. The quantitative estimate of drug-likeness (QED) is 0.927. The van der Waals surface area contributed by atoms with Gasteiger partial charge in [0.05, 0.1) is 11.8 Å². The number of carboxylic acid groups (broad SMARTS) is 1. The van der Waals surface area contributed by atoms with E-state index in [0.29, 0.717) is 38.8 Å². The minimum Gasteiger partial charge on any atom is -0.481 e. The van der Waals surface area contributed by atoms with Crippen molar-refractivity contribution in [1.82, 2.24) is 4.90 Å². The number of carboxylic acids is 1. The first kappa shape index (κ1) is 15.5. The van der Waals surface area contributed by atoms with Crippen LogP contribution >= 0.6 is 0 Å². The van der Waals surface area contributed by atoms with E-state index in [1.165, 1.54) is 5.56 Å². The maximum atomic E-state index is 12.3. The smallest absolute Gasteiger partial charge is 0.309 e. The van der Waals surface area contributed by atoms with Crippen molar-refractivity contribution in [2.45, 2.75) is 39.5 Å². The molecule has 21 heavy (non-hydrogen) atoms. The Morgan fingerprint density at radius 2 is 1.76 bits per heavy atom. The molecule has 1 heterocycles. The molecule has 2 rings (SSSR count). The monoisotopic (exact) mass is 289 g/mol. The minimum absolute atomic E-state index is 0.0916. The molecule has 0 radical (unpaired) electrons. The number of carbonyl (C=O) groups excluding carboxylic acids is 1. The van der Waals surface area contributed by atoms with Gasteiger partial charge in [-0.2, -0.15) is 0 Å². The molecule has 0 bridgehead atoms. The van der Waals surface area contributed by atoms with Crippen LogP contribution in [0.1, 0.15) is 37.3 Å². The Kier molecular flexibility index (Phi) is 4.66. The van der Waals surface area contributed by atoms with Crippen LogP contribution in [0, 0.1) is 12.3 Å². The summed E-state index contributed by atoms with van der Waals surface area (Å²) in [6.45, 7) is 5.03. The third kappa shape index (κ3) is 3.43. The Hall–Kier alpha value is -1.84. The van der Waals surface area contributed by atoms with Gasteiger partial charge in [0.2, 0.25) is 5.91 Å². The number of nitrogens with zero attached hydrogens (tertiary/aromatic N) is 1. The summed E-state index contributed by atoms with van der Waals surface area (Å²) in [5.74, 6) is -0.635. The van der Waals surface area contributed by atoms with Gasteiger partial charge in [0.1, 0.15) is 0 Å². The largest absolute Gasteiger partial charge is 0.481 e. The lowest BCUT2D eigenvalue weighted by molar-refractivity contribution is -0.154. The number of carbonyl (C=O) groups is 2. The number of hydrogen-bond acceptors (Lipinski definition) is 2. The molecule has 0 atom stereocenters. The van der Waals surface area contributed by atoms with E-state index in [-0.39, 0.29) is 5.91 Å². The molecule has 1 N–H and O–H groups in total. The first-order valence-electron chi connectivity index (χ1n) is 7.53. The minimum atomic E-state index is -0.726. The molecule has 1 aromatic rings. The van der Waals surface area contributed by atoms with E-state index in [2.05, 4.69) is 0 Å². The number of piperidine rings is 1. The SMILES string of the molecule is CCC1(C(=O)O)CCN(C(=O)Cc2ccc(C)cc2)CC1. The van der Waals surface area contributed by atoms with Crippen molar-refractivity contribution < 1.29 is 14.7 Å². The zero-order valence-electron chi connectivity index (χ0n) is 12.8. The lowest BCUT2D eigenvalue weighted by Crippen LogP contribution is -2.46. The number of aliphatic carboxylic acids is 1. The van der Waals surface area contributed by atoms with Gasteiger partial charge in [-0.25, -0.2) is 0 Å². The van der Waals surface area contributed by atoms with Crippen molar-refractivity contribution in [3.05, 3.63) is 35.4 Å². The van der Waals surface area contributed by atoms with Crippen LogP contribution in [0.3, 0.4) is 0 Å². The molecule has 0 unspecified atom stereocenters. The Morgan fingerprint density at radius 3 is 2.24 bits per heavy atom. The highest BCUT2D eigenvalue weighted by Crippen LogP contribution is 2.35. The summed E-state index contributed by atoms with van der Waals surface area (Å²) in [6, 6.07) is 7.96. The Morgan fingerprint density at radius 1 is 1.19 bits per heavy atom. The summed E-state index contributed by atoms with van der Waals surface area (Å²) in [5, 5.41) is 9.37. The number of likely N-dealkylation sites (tertiary alicyclic amines) is 1. The van der Waals surface area contributed by atoms with Crippen LogP contribution in [-0.4, -0.2) is 35.0 Å². The highest BCUT2D eigenvalue weighted by Gasteiger charge is 2.40. The predicted octanol–water partition coefficient (Wildman–Crippen LogP) is 2.64. The van der Waals surface area contributed by atoms with Crippen molar-refractivity contribution in [2.75, 3.05) is 13.1 Å². The average molecular weight is 289 g/mol. The molecule has 1 amide bonds. The van der Waals surface area contributed by atoms with Gasteiger partial charge in [-0.05, 0) is 31.7 Å². The fourth-order valence-corrected chi connectivity index (χ4v) is 2.90. The molecule has 4 nitrogen and oxygen atoms in total. The van der Waals surface area contributed by atoms with Crippen LogP contribution < -0.4 is 0 Å². The molecular weight excluding hydrogens is 266 g/mol. The van der Waals surface area contributed by atoms with Gasteiger partial charge >= 0.3 is 5.97 Å². The van der Waals surface area contributed by atoms with Crippen molar-refractivity contribution in [2.24, 2.45) is 5.41 Å². The van der Waals surface area contributed by atoms with Gasteiger partial charge in [0.25, 0.3) is 0 Å². The predicted molar refractivity (Wildman–Crippen MR) is 81.1 cm³/mol. The Labute approximate surface area is 125 Å². The standard InChI is InChI=1S/C17H23NO3/c1-3-17(16(20)21)8-10-18(11-9-17)15(19)12-14-6-4-13(2)5-7-14/h4-7H,3,8-12H2,1-2H3,(H,20,21). The van der Waals surface area contributed by atoms with Crippen molar-refractivity contribution >= 4 is 11.9 Å². The Balaban J connectivity index is 1.94. The van der Waals surface area contributed by atoms with E-state index in [1.54, 1.807) is 4.90 Å². The normalized spacial score (nSPS) is 17.5. The molecule has 1 saturated heterocycles. The molecule has 1 aromatic carbocycles. The van der Waals surface area contributed by atoms with E-state index in [4.69, 9.17) is 0 Å². The zero-order chi connectivity index (χ0) is 15.5. The van der Waals surface area contributed by atoms with E-state index >= 15 is 0 Å². The van der Waals surface area contributed by atoms with Crippen molar-refractivity contribution in [3.8, 4) is 0 Å². The zero-order valence-corrected chi connectivity index (χ0v) is 12.8. The van der Waals surface area contributed by atoms with E-state index < -0.39 is 11.4 Å². The third-order valence-corrected chi connectivity index (χ3v) is 4.68. The molecule has 114 valence electrons. The third-order valence-electron chi connectivity index (χ3n) is 4.68. The summed E-state index contributed by atoms with van der Waals surface area (Å²) < 4.78 is 0. The van der Waals surface area contributed by atoms with Crippen LogP contribution in [0.4, 0.5) is 0 Å². The lowest BCUT2D eigenvalue weighted by Gasteiger charge is -2.38. The van der Waals surface area contributed by atoms with E-state index in [9.17, 15) is 14.7 Å². The second kappa shape index (κ2) is 6.29. The molecule has 0 saturated carbocycles. The molecule has 0 aliphatic carbocycles. The molecule has 4 heteroatoms. The number of benzene rings is 1. The highest BCUT2D eigenvalue weighted by atomic mass is 16.4. The first-order chi connectivity index (χ1) is 9.97. The lowest BCUT2D eigenvalue weighted by atomic mass is 9.76. The fraction of sp³-hybridized carbons (Fsp3) is 0.529. The summed E-state index contributed by atoms with van der Waals surface area (Å²) in [4.78, 5) is 25.5. The number of aryl methyl sites for hydroxylation is 1. The van der Waals surface area contributed by atoms with E-state index in [1.807, 2.05) is 38.1 Å². The Bertz CT molecular complexity index is 513. The molecule has 1 aliphatic rings. The number of hydrogen-bond donors (Lipinski definition) is 1. The van der Waals surface area contributed by atoms with Crippen molar-refractivity contribution in [1.29, 1.82) is 0 Å².